The maximum absolute atomic E-state index is 12.2. The lowest BCUT2D eigenvalue weighted by Crippen LogP contribution is -2.59. The Bertz CT molecular complexity index is 436. The van der Waals surface area contributed by atoms with E-state index in [2.05, 4.69) is 24.1 Å². The number of hydrogen-bond acceptors (Lipinski definition) is 4. The molecule has 0 fully saturated rings. The molecule has 0 aliphatic rings. The molecular weight excluding hydrogens is 266 g/mol. The van der Waals surface area contributed by atoms with Crippen molar-refractivity contribution >= 4 is 5.91 Å². The second-order valence-corrected chi connectivity index (χ2v) is 5.44. The Kier molecular flexibility index (Phi) is 6.81. The Labute approximate surface area is 127 Å². The molecule has 0 aromatic heterocycles. The number of primary amides is 1. The second kappa shape index (κ2) is 8.12. The van der Waals surface area contributed by atoms with E-state index in [1.807, 2.05) is 30.3 Å². The van der Waals surface area contributed by atoms with Crippen molar-refractivity contribution in [3.8, 4) is 0 Å². The fourth-order valence-corrected chi connectivity index (χ4v) is 2.41. The summed E-state index contributed by atoms with van der Waals surface area (Å²) in [6.07, 6.45) is 0. The highest BCUT2D eigenvalue weighted by atomic mass is 16.5. The lowest BCUT2D eigenvalue weighted by molar-refractivity contribution is -0.125. The highest BCUT2D eigenvalue weighted by Crippen LogP contribution is 2.23. The summed E-state index contributed by atoms with van der Waals surface area (Å²) in [7, 11) is 3.45. The predicted octanol–water partition coefficient (Wildman–Crippen LogP) is 0.943. The van der Waals surface area contributed by atoms with Crippen LogP contribution in [0.15, 0.2) is 30.3 Å². The van der Waals surface area contributed by atoms with Crippen LogP contribution in [0.25, 0.3) is 0 Å². The van der Waals surface area contributed by atoms with Crippen LogP contribution >= 0.6 is 0 Å². The summed E-state index contributed by atoms with van der Waals surface area (Å²) in [6, 6.07) is 9.90. The summed E-state index contributed by atoms with van der Waals surface area (Å²) in [5.74, 6) is -0.376. The van der Waals surface area contributed by atoms with Gasteiger partial charge in [-0.25, -0.2) is 0 Å². The Morgan fingerprint density at radius 3 is 2.43 bits per heavy atom. The van der Waals surface area contributed by atoms with E-state index in [-0.39, 0.29) is 11.9 Å². The van der Waals surface area contributed by atoms with E-state index in [4.69, 9.17) is 10.5 Å². The minimum atomic E-state index is -0.904. The Balaban J connectivity index is 3.10. The smallest absolute Gasteiger partial charge is 0.243 e. The van der Waals surface area contributed by atoms with Crippen molar-refractivity contribution in [2.45, 2.75) is 25.4 Å². The standard InChI is InChI=1S/C16H27N3O2/c1-13(2)19(10-11-21-4)12-16(18-3,15(17)20)14-8-6-5-7-9-14/h5-9,13,18H,10-12H2,1-4H3,(H2,17,20). The molecule has 1 atom stereocenters. The van der Waals surface area contributed by atoms with E-state index in [0.717, 1.165) is 12.1 Å². The van der Waals surface area contributed by atoms with Crippen LogP contribution in [0.3, 0.4) is 0 Å². The molecular formula is C16H27N3O2. The van der Waals surface area contributed by atoms with E-state index in [9.17, 15) is 4.79 Å². The van der Waals surface area contributed by atoms with Crippen LogP contribution in [0.4, 0.5) is 0 Å². The Morgan fingerprint density at radius 1 is 1.38 bits per heavy atom. The number of nitrogens with two attached hydrogens (primary N) is 1. The first-order valence-corrected chi connectivity index (χ1v) is 7.25. The van der Waals surface area contributed by atoms with Crippen molar-refractivity contribution in [3.05, 3.63) is 35.9 Å². The molecule has 21 heavy (non-hydrogen) atoms. The zero-order valence-electron chi connectivity index (χ0n) is 13.4. The van der Waals surface area contributed by atoms with Gasteiger partial charge in [-0.05, 0) is 26.5 Å². The van der Waals surface area contributed by atoms with Crippen LogP contribution < -0.4 is 11.1 Å². The number of benzene rings is 1. The van der Waals surface area contributed by atoms with Gasteiger partial charge in [0.05, 0.1) is 6.61 Å². The molecule has 1 unspecified atom stereocenters. The highest BCUT2D eigenvalue weighted by molar-refractivity contribution is 5.86. The molecule has 1 rings (SSSR count). The van der Waals surface area contributed by atoms with Gasteiger partial charge in [0.15, 0.2) is 0 Å². The van der Waals surface area contributed by atoms with E-state index >= 15 is 0 Å². The molecule has 0 bridgehead atoms. The third kappa shape index (κ3) is 4.27. The summed E-state index contributed by atoms with van der Waals surface area (Å²) in [6.45, 7) is 6.07. The molecule has 0 heterocycles. The van der Waals surface area contributed by atoms with Gasteiger partial charge < -0.3 is 15.8 Å². The molecule has 0 aliphatic heterocycles. The molecule has 5 nitrogen and oxygen atoms in total. The lowest BCUT2D eigenvalue weighted by atomic mass is 9.88. The first-order chi connectivity index (χ1) is 9.97. The molecule has 118 valence electrons. The fraction of sp³-hybridized carbons (Fsp3) is 0.562. The fourth-order valence-electron chi connectivity index (χ4n) is 2.41. The molecule has 0 saturated heterocycles. The minimum absolute atomic E-state index is 0.288. The summed E-state index contributed by atoms with van der Waals surface area (Å²) >= 11 is 0. The normalized spacial score (nSPS) is 14.4. The SMILES string of the molecule is CNC(CN(CCOC)C(C)C)(C(N)=O)c1ccccc1. The van der Waals surface area contributed by atoms with Gasteiger partial charge in [0.2, 0.25) is 5.91 Å². The molecule has 3 N–H and O–H groups in total. The number of methoxy groups -OCH3 is 1. The van der Waals surface area contributed by atoms with Crippen molar-refractivity contribution in [1.82, 2.24) is 10.2 Å². The van der Waals surface area contributed by atoms with Gasteiger partial charge in [0.1, 0.15) is 5.54 Å². The van der Waals surface area contributed by atoms with E-state index in [1.54, 1.807) is 14.2 Å². The summed E-state index contributed by atoms with van der Waals surface area (Å²) < 4.78 is 5.16. The molecule has 0 aliphatic carbocycles. The summed E-state index contributed by atoms with van der Waals surface area (Å²) in [5, 5.41) is 3.14. The topological polar surface area (TPSA) is 67.6 Å². The molecule has 1 aromatic rings. The molecule has 0 radical (unpaired) electrons. The van der Waals surface area contributed by atoms with Gasteiger partial charge in [-0.2, -0.15) is 0 Å². The van der Waals surface area contributed by atoms with E-state index < -0.39 is 5.54 Å². The average Bonchev–Trinajstić information content (AvgIpc) is 2.48. The van der Waals surface area contributed by atoms with Crippen LogP contribution in [0.1, 0.15) is 19.4 Å². The monoisotopic (exact) mass is 293 g/mol. The first kappa shape index (κ1) is 17.6. The third-order valence-electron chi connectivity index (χ3n) is 3.87. The van der Waals surface area contributed by atoms with E-state index in [0.29, 0.717) is 13.2 Å². The molecule has 1 aromatic carbocycles. The van der Waals surface area contributed by atoms with E-state index in [1.165, 1.54) is 0 Å². The van der Waals surface area contributed by atoms with Crippen molar-refractivity contribution in [3.63, 3.8) is 0 Å². The quantitative estimate of drug-likeness (QED) is 0.711. The second-order valence-electron chi connectivity index (χ2n) is 5.44. The maximum atomic E-state index is 12.2. The van der Waals surface area contributed by atoms with Gasteiger partial charge in [-0.1, -0.05) is 30.3 Å². The van der Waals surface area contributed by atoms with Crippen LogP contribution in [0.2, 0.25) is 0 Å². The average molecular weight is 293 g/mol. The number of nitrogens with zero attached hydrogens (tertiary/aromatic N) is 1. The molecule has 0 saturated carbocycles. The number of carbonyl (C=O) groups is 1. The Morgan fingerprint density at radius 2 is 2.00 bits per heavy atom. The summed E-state index contributed by atoms with van der Waals surface area (Å²) in [4.78, 5) is 14.4. The van der Waals surface area contributed by atoms with Crippen molar-refractivity contribution in [2.24, 2.45) is 5.73 Å². The van der Waals surface area contributed by atoms with Gasteiger partial charge in [0, 0.05) is 26.2 Å². The number of likely N-dealkylation sites (N-methyl/N-ethyl adjacent to an activating group) is 1. The number of ether oxygens (including phenoxy) is 1. The maximum Gasteiger partial charge on any atom is 0.243 e. The first-order valence-electron chi connectivity index (χ1n) is 7.25. The van der Waals surface area contributed by atoms with Crippen molar-refractivity contribution < 1.29 is 9.53 Å². The Hall–Kier alpha value is -1.43. The zero-order valence-corrected chi connectivity index (χ0v) is 13.4. The largest absolute Gasteiger partial charge is 0.383 e. The minimum Gasteiger partial charge on any atom is -0.383 e. The third-order valence-corrected chi connectivity index (χ3v) is 3.87. The van der Waals surface area contributed by atoms with Crippen molar-refractivity contribution in [2.75, 3.05) is 33.9 Å². The number of rotatable bonds is 9. The molecule has 0 spiro atoms. The number of hydrogen-bond donors (Lipinski definition) is 2. The molecule has 1 amide bonds. The predicted molar refractivity (Wildman–Crippen MR) is 85.0 cm³/mol. The summed E-state index contributed by atoms with van der Waals surface area (Å²) in [5.41, 5.74) is 5.71. The van der Waals surface area contributed by atoms with Crippen LogP contribution in [0.5, 0.6) is 0 Å². The van der Waals surface area contributed by atoms with Crippen LogP contribution in [-0.2, 0) is 15.1 Å². The number of amides is 1. The van der Waals surface area contributed by atoms with Gasteiger partial charge >= 0.3 is 0 Å². The van der Waals surface area contributed by atoms with Crippen LogP contribution in [0, 0.1) is 0 Å². The number of carbonyl (C=O) groups excluding carboxylic acids is 1. The van der Waals surface area contributed by atoms with Crippen molar-refractivity contribution in [1.29, 1.82) is 0 Å². The highest BCUT2D eigenvalue weighted by Gasteiger charge is 2.39. The van der Waals surface area contributed by atoms with Gasteiger partial charge in [-0.15, -0.1) is 0 Å². The van der Waals surface area contributed by atoms with Gasteiger partial charge in [0.25, 0.3) is 0 Å². The zero-order chi connectivity index (χ0) is 15.9. The van der Waals surface area contributed by atoms with Crippen LogP contribution in [-0.4, -0.2) is 50.7 Å². The molecule has 5 heteroatoms. The lowest BCUT2D eigenvalue weighted by Gasteiger charge is -2.38. The van der Waals surface area contributed by atoms with Gasteiger partial charge in [-0.3, -0.25) is 9.69 Å². The number of nitrogens with one attached hydrogen (secondary N) is 1.